The van der Waals surface area contributed by atoms with Gasteiger partial charge >= 0.3 is 0 Å². The first-order valence-corrected chi connectivity index (χ1v) is 5.79. The molecule has 1 atom stereocenters. The van der Waals surface area contributed by atoms with Crippen LogP contribution in [0.25, 0.3) is 0 Å². The Morgan fingerprint density at radius 1 is 1.12 bits per heavy atom. The van der Waals surface area contributed by atoms with Gasteiger partial charge in [-0.15, -0.1) is 0 Å². The quantitative estimate of drug-likeness (QED) is 0.780. The van der Waals surface area contributed by atoms with E-state index in [1.165, 1.54) is 23.3 Å². The first kappa shape index (κ1) is 10.3. The molecular formula is C15H13FO. The molecule has 0 amide bonds. The lowest BCUT2D eigenvalue weighted by Gasteiger charge is -2.29. The molecule has 0 fully saturated rings. The SMILES string of the molecule is Fc1cccc(OCC2Cc3ccccc32)c1. The summed E-state index contributed by atoms with van der Waals surface area (Å²) in [4.78, 5) is 0. The molecule has 0 heterocycles. The van der Waals surface area contributed by atoms with Crippen molar-refractivity contribution in [2.24, 2.45) is 0 Å². The van der Waals surface area contributed by atoms with Gasteiger partial charge in [-0.25, -0.2) is 4.39 Å². The molecule has 2 aromatic carbocycles. The molecular weight excluding hydrogens is 215 g/mol. The largest absolute Gasteiger partial charge is 0.493 e. The Labute approximate surface area is 99.9 Å². The highest BCUT2D eigenvalue weighted by Gasteiger charge is 2.25. The molecule has 0 aromatic heterocycles. The Bertz CT molecular complexity index is 536. The summed E-state index contributed by atoms with van der Waals surface area (Å²) >= 11 is 0. The summed E-state index contributed by atoms with van der Waals surface area (Å²) < 4.78 is 18.6. The van der Waals surface area contributed by atoms with Crippen LogP contribution in [0.2, 0.25) is 0 Å². The van der Waals surface area contributed by atoms with Crippen LogP contribution in [0.4, 0.5) is 4.39 Å². The maximum Gasteiger partial charge on any atom is 0.126 e. The van der Waals surface area contributed by atoms with Crippen LogP contribution in [0.3, 0.4) is 0 Å². The van der Waals surface area contributed by atoms with Gasteiger partial charge < -0.3 is 4.74 Å². The molecule has 0 saturated carbocycles. The van der Waals surface area contributed by atoms with Crippen molar-refractivity contribution in [3.63, 3.8) is 0 Å². The summed E-state index contributed by atoms with van der Waals surface area (Å²) in [6, 6.07) is 14.7. The second-order valence-electron chi connectivity index (χ2n) is 4.37. The Kier molecular flexibility index (Phi) is 2.56. The molecule has 1 aliphatic carbocycles. The number of halogens is 1. The molecule has 1 unspecified atom stereocenters. The molecule has 0 spiro atoms. The predicted octanol–water partition coefficient (Wildman–Crippen LogP) is 3.54. The Morgan fingerprint density at radius 3 is 2.82 bits per heavy atom. The first-order chi connectivity index (χ1) is 8.33. The molecule has 86 valence electrons. The topological polar surface area (TPSA) is 9.23 Å². The maximum atomic E-state index is 12.9. The van der Waals surface area contributed by atoms with E-state index in [4.69, 9.17) is 4.74 Å². The highest BCUT2D eigenvalue weighted by molar-refractivity contribution is 5.40. The van der Waals surface area contributed by atoms with Gasteiger partial charge in [0.15, 0.2) is 0 Å². The van der Waals surface area contributed by atoms with Gasteiger partial charge in [-0.1, -0.05) is 30.3 Å². The lowest BCUT2D eigenvalue weighted by molar-refractivity contribution is 0.274. The van der Waals surface area contributed by atoms with Crippen LogP contribution in [-0.4, -0.2) is 6.61 Å². The van der Waals surface area contributed by atoms with Crippen molar-refractivity contribution in [3.8, 4) is 5.75 Å². The van der Waals surface area contributed by atoms with E-state index >= 15 is 0 Å². The van der Waals surface area contributed by atoms with E-state index in [0.717, 1.165) is 6.42 Å². The third kappa shape index (κ3) is 2.03. The van der Waals surface area contributed by atoms with Crippen molar-refractivity contribution < 1.29 is 9.13 Å². The fourth-order valence-corrected chi connectivity index (χ4v) is 2.26. The van der Waals surface area contributed by atoms with Crippen LogP contribution in [0, 0.1) is 5.82 Å². The smallest absolute Gasteiger partial charge is 0.126 e. The zero-order valence-corrected chi connectivity index (χ0v) is 9.40. The van der Waals surface area contributed by atoms with Gasteiger partial charge in [0.05, 0.1) is 6.61 Å². The minimum absolute atomic E-state index is 0.253. The summed E-state index contributed by atoms with van der Waals surface area (Å²) in [7, 11) is 0. The molecule has 2 aromatic rings. The summed E-state index contributed by atoms with van der Waals surface area (Å²) in [5, 5.41) is 0. The molecule has 0 aliphatic heterocycles. The van der Waals surface area contributed by atoms with Crippen LogP contribution in [-0.2, 0) is 6.42 Å². The van der Waals surface area contributed by atoms with Crippen molar-refractivity contribution in [2.75, 3.05) is 6.61 Å². The number of rotatable bonds is 3. The second-order valence-corrected chi connectivity index (χ2v) is 4.37. The zero-order valence-electron chi connectivity index (χ0n) is 9.40. The van der Waals surface area contributed by atoms with E-state index in [-0.39, 0.29) is 5.82 Å². The highest BCUT2D eigenvalue weighted by Crippen LogP contribution is 2.35. The number of fused-ring (bicyclic) bond motifs is 1. The normalized spacial score (nSPS) is 17.1. The van der Waals surface area contributed by atoms with Gasteiger partial charge in [-0.3, -0.25) is 0 Å². The summed E-state index contributed by atoms with van der Waals surface area (Å²) in [5.41, 5.74) is 2.77. The molecule has 2 heteroatoms. The lowest BCUT2D eigenvalue weighted by Crippen LogP contribution is -2.23. The van der Waals surface area contributed by atoms with Crippen molar-refractivity contribution in [2.45, 2.75) is 12.3 Å². The van der Waals surface area contributed by atoms with Gasteiger partial charge in [0.2, 0.25) is 0 Å². The average molecular weight is 228 g/mol. The molecule has 1 nitrogen and oxygen atoms in total. The summed E-state index contributed by atoms with van der Waals surface area (Å²) in [6.45, 7) is 0.625. The van der Waals surface area contributed by atoms with Crippen LogP contribution >= 0.6 is 0 Å². The van der Waals surface area contributed by atoms with E-state index in [1.807, 2.05) is 6.07 Å². The fraction of sp³-hybridized carbons (Fsp3) is 0.200. The van der Waals surface area contributed by atoms with Crippen molar-refractivity contribution in [1.29, 1.82) is 0 Å². The third-order valence-electron chi connectivity index (χ3n) is 3.21. The van der Waals surface area contributed by atoms with Crippen molar-refractivity contribution in [1.82, 2.24) is 0 Å². The number of ether oxygens (including phenoxy) is 1. The minimum Gasteiger partial charge on any atom is -0.493 e. The molecule has 0 bridgehead atoms. The molecule has 0 radical (unpaired) electrons. The van der Waals surface area contributed by atoms with Gasteiger partial charge in [0.1, 0.15) is 11.6 Å². The molecule has 3 rings (SSSR count). The fourth-order valence-electron chi connectivity index (χ4n) is 2.26. The van der Waals surface area contributed by atoms with E-state index in [1.54, 1.807) is 12.1 Å². The van der Waals surface area contributed by atoms with E-state index in [2.05, 4.69) is 18.2 Å². The molecule has 0 saturated heterocycles. The van der Waals surface area contributed by atoms with Gasteiger partial charge in [0.25, 0.3) is 0 Å². The lowest BCUT2D eigenvalue weighted by atomic mass is 9.78. The molecule has 0 N–H and O–H groups in total. The number of hydrogen-bond donors (Lipinski definition) is 0. The third-order valence-corrected chi connectivity index (χ3v) is 3.21. The monoisotopic (exact) mass is 228 g/mol. The first-order valence-electron chi connectivity index (χ1n) is 5.79. The van der Waals surface area contributed by atoms with E-state index < -0.39 is 0 Å². The van der Waals surface area contributed by atoms with Gasteiger partial charge in [0, 0.05) is 12.0 Å². The highest BCUT2D eigenvalue weighted by atomic mass is 19.1. The zero-order chi connectivity index (χ0) is 11.7. The summed E-state index contributed by atoms with van der Waals surface area (Å²) in [5.74, 6) is 0.806. The Balaban J connectivity index is 1.64. The van der Waals surface area contributed by atoms with Crippen LogP contribution < -0.4 is 4.74 Å². The maximum absolute atomic E-state index is 12.9. The summed E-state index contributed by atoms with van der Waals surface area (Å²) in [6.07, 6.45) is 1.06. The van der Waals surface area contributed by atoms with Crippen molar-refractivity contribution >= 4 is 0 Å². The van der Waals surface area contributed by atoms with Crippen LogP contribution in [0.15, 0.2) is 48.5 Å². The molecule has 1 aliphatic rings. The minimum atomic E-state index is -0.253. The van der Waals surface area contributed by atoms with Gasteiger partial charge in [-0.05, 0) is 29.7 Å². The number of benzene rings is 2. The van der Waals surface area contributed by atoms with Gasteiger partial charge in [-0.2, -0.15) is 0 Å². The second kappa shape index (κ2) is 4.21. The number of hydrogen-bond acceptors (Lipinski definition) is 1. The van der Waals surface area contributed by atoms with E-state index in [9.17, 15) is 4.39 Å². The Morgan fingerprint density at radius 2 is 2.00 bits per heavy atom. The van der Waals surface area contributed by atoms with Crippen molar-refractivity contribution in [3.05, 3.63) is 65.5 Å². The van der Waals surface area contributed by atoms with Crippen LogP contribution in [0.5, 0.6) is 5.75 Å². The Hall–Kier alpha value is -1.83. The standard InChI is InChI=1S/C15H13FO/c16-13-5-3-6-14(9-13)17-10-12-8-11-4-1-2-7-15(11)12/h1-7,9,12H,8,10H2. The average Bonchev–Trinajstić information content (AvgIpc) is 2.30. The predicted molar refractivity (Wildman–Crippen MR) is 64.8 cm³/mol. The molecule has 17 heavy (non-hydrogen) atoms. The van der Waals surface area contributed by atoms with Crippen LogP contribution in [0.1, 0.15) is 17.0 Å². The van der Waals surface area contributed by atoms with E-state index in [0.29, 0.717) is 18.3 Å².